The van der Waals surface area contributed by atoms with Crippen LogP contribution in [-0.2, 0) is 6.42 Å². The Kier molecular flexibility index (Phi) is 3.69. The molecule has 1 fully saturated rings. The average Bonchev–Trinajstić information content (AvgIpc) is 3.14. The van der Waals surface area contributed by atoms with Crippen LogP contribution in [0.3, 0.4) is 0 Å². The normalized spacial score (nSPS) is 20.8. The molecule has 1 aliphatic heterocycles. The second-order valence-electron chi connectivity index (χ2n) is 5.38. The van der Waals surface area contributed by atoms with Crippen LogP contribution in [0.5, 0.6) is 0 Å². The summed E-state index contributed by atoms with van der Waals surface area (Å²) in [7, 11) is 0. The third-order valence-electron chi connectivity index (χ3n) is 4.04. The fourth-order valence-electron chi connectivity index (χ4n) is 2.85. The van der Waals surface area contributed by atoms with E-state index in [1.54, 1.807) is 6.26 Å². The lowest BCUT2D eigenvalue weighted by Crippen LogP contribution is -2.14. The summed E-state index contributed by atoms with van der Waals surface area (Å²) in [6.45, 7) is 4.46. The quantitative estimate of drug-likeness (QED) is 0.898. The summed E-state index contributed by atoms with van der Waals surface area (Å²) in [4.78, 5) is 4.34. The Morgan fingerprint density at radius 2 is 2.53 bits per heavy atom. The summed E-state index contributed by atoms with van der Waals surface area (Å²) in [5, 5.41) is 3.43. The lowest BCUT2D eigenvalue weighted by molar-refractivity contribution is 0.440. The van der Waals surface area contributed by atoms with Gasteiger partial charge in [0.15, 0.2) is 0 Å². The van der Waals surface area contributed by atoms with Gasteiger partial charge in [-0.05, 0) is 38.4 Å². The molecule has 1 N–H and O–H groups in total. The van der Waals surface area contributed by atoms with Crippen LogP contribution in [0.4, 0.5) is 0 Å². The molecule has 2 atom stereocenters. The molecule has 4 heteroatoms. The van der Waals surface area contributed by atoms with E-state index in [0.29, 0.717) is 12.0 Å². The van der Waals surface area contributed by atoms with E-state index in [-0.39, 0.29) is 0 Å². The van der Waals surface area contributed by atoms with Gasteiger partial charge >= 0.3 is 0 Å². The van der Waals surface area contributed by atoms with Gasteiger partial charge < -0.3 is 14.3 Å². The molecule has 0 aromatic carbocycles. The first-order valence-electron chi connectivity index (χ1n) is 7.09. The second-order valence-corrected chi connectivity index (χ2v) is 5.38. The minimum Gasteiger partial charge on any atom is -0.469 e. The minimum absolute atomic E-state index is 0.461. The SMILES string of the molecule is CC(CCc1ccco1)n1cncc1C1CCNC1. The highest BCUT2D eigenvalue weighted by Crippen LogP contribution is 2.26. The van der Waals surface area contributed by atoms with Gasteiger partial charge in [-0.2, -0.15) is 0 Å². The molecule has 0 amide bonds. The fourth-order valence-corrected chi connectivity index (χ4v) is 2.85. The third-order valence-corrected chi connectivity index (χ3v) is 4.04. The van der Waals surface area contributed by atoms with E-state index >= 15 is 0 Å². The Hall–Kier alpha value is -1.55. The van der Waals surface area contributed by atoms with Gasteiger partial charge in [-0.1, -0.05) is 0 Å². The summed E-state index contributed by atoms with van der Waals surface area (Å²) in [6.07, 6.45) is 9.02. The summed E-state index contributed by atoms with van der Waals surface area (Å²) in [6, 6.07) is 4.46. The molecule has 0 aliphatic carbocycles. The standard InChI is InChI=1S/C15H21N3O/c1-12(4-5-14-3-2-8-19-14)18-11-17-10-15(18)13-6-7-16-9-13/h2-3,8,10-13,16H,4-7,9H2,1H3. The van der Waals surface area contributed by atoms with Gasteiger partial charge in [0, 0.05) is 36.8 Å². The van der Waals surface area contributed by atoms with Crippen molar-refractivity contribution in [2.24, 2.45) is 0 Å². The predicted octanol–water partition coefficient (Wildman–Crippen LogP) is 2.75. The molecule has 3 rings (SSSR count). The molecule has 19 heavy (non-hydrogen) atoms. The predicted molar refractivity (Wildman–Crippen MR) is 74.2 cm³/mol. The van der Waals surface area contributed by atoms with E-state index < -0.39 is 0 Å². The van der Waals surface area contributed by atoms with Gasteiger partial charge in [0.2, 0.25) is 0 Å². The number of hydrogen-bond acceptors (Lipinski definition) is 3. The number of nitrogens with zero attached hydrogens (tertiary/aromatic N) is 2. The average molecular weight is 259 g/mol. The first-order chi connectivity index (χ1) is 9.34. The van der Waals surface area contributed by atoms with E-state index in [9.17, 15) is 0 Å². The lowest BCUT2D eigenvalue weighted by atomic mass is 10.0. The van der Waals surface area contributed by atoms with Crippen molar-refractivity contribution in [3.63, 3.8) is 0 Å². The van der Waals surface area contributed by atoms with Crippen LogP contribution >= 0.6 is 0 Å². The maximum Gasteiger partial charge on any atom is 0.103 e. The smallest absolute Gasteiger partial charge is 0.103 e. The zero-order valence-corrected chi connectivity index (χ0v) is 11.4. The van der Waals surface area contributed by atoms with Gasteiger partial charge in [0.05, 0.1) is 12.6 Å². The molecule has 0 bridgehead atoms. The van der Waals surface area contributed by atoms with Crippen LogP contribution in [0.25, 0.3) is 0 Å². The van der Waals surface area contributed by atoms with Crippen LogP contribution in [0.1, 0.15) is 43.2 Å². The fraction of sp³-hybridized carbons (Fsp3) is 0.533. The molecule has 2 aromatic rings. The zero-order chi connectivity index (χ0) is 13.1. The van der Waals surface area contributed by atoms with Crippen molar-refractivity contribution >= 4 is 0 Å². The van der Waals surface area contributed by atoms with Crippen LogP contribution < -0.4 is 5.32 Å². The molecule has 0 spiro atoms. The minimum atomic E-state index is 0.461. The van der Waals surface area contributed by atoms with Crippen LogP contribution in [0, 0.1) is 0 Å². The van der Waals surface area contributed by atoms with Crippen molar-refractivity contribution in [2.45, 2.75) is 38.1 Å². The molecule has 4 nitrogen and oxygen atoms in total. The van der Waals surface area contributed by atoms with Crippen molar-refractivity contribution in [3.05, 3.63) is 42.4 Å². The molecule has 1 aliphatic rings. The highest BCUT2D eigenvalue weighted by Gasteiger charge is 2.21. The van der Waals surface area contributed by atoms with Gasteiger partial charge in [0.1, 0.15) is 5.76 Å². The molecule has 0 saturated carbocycles. The highest BCUT2D eigenvalue weighted by molar-refractivity contribution is 5.10. The maximum atomic E-state index is 5.40. The van der Waals surface area contributed by atoms with Crippen molar-refractivity contribution in [2.75, 3.05) is 13.1 Å². The highest BCUT2D eigenvalue weighted by atomic mass is 16.3. The van der Waals surface area contributed by atoms with E-state index in [1.807, 2.05) is 24.7 Å². The number of rotatable bonds is 5. The number of aromatic nitrogens is 2. The topological polar surface area (TPSA) is 43.0 Å². The molecule has 2 aromatic heterocycles. The molecular formula is C15H21N3O. The summed E-state index contributed by atoms with van der Waals surface area (Å²) in [5.41, 5.74) is 1.37. The molecule has 0 radical (unpaired) electrons. The Morgan fingerprint density at radius 1 is 1.58 bits per heavy atom. The number of hydrogen-bond donors (Lipinski definition) is 1. The second kappa shape index (κ2) is 5.61. The molecule has 1 saturated heterocycles. The monoisotopic (exact) mass is 259 g/mol. The Balaban J connectivity index is 1.66. The largest absolute Gasteiger partial charge is 0.469 e. The molecule has 102 valence electrons. The Labute approximate surface area is 113 Å². The molecule has 3 heterocycles. The van der Waals surface area contributed by atoms with Gasteiger partial charge in [-0.25, -0.2) is 4.98 Å². The van der Waals surface area contributed by atoms with E-state index in [2.05, 4.69) is 21.8 Å². The van der Waals surface area contributed by atoms with Crippen molar-refractivity contribution in [1.29, 1.82) is 0 Å². The molecular weight excluding hydrogens is 238 g/mol. The van der Waals surface area contributed by atoms with E-state index in [0.717, 1.165) is 31.7 Å². The van der Waals surface area contributed by atoms with Gasteiger partial charge in [0.25, 0.3) is 0 Å². The van der Waals surface area contributed by atoms with Crippen molar-refractivity contribution in [3.8, 4) is 0 Å². The van der Waals surface area contributed by atoms with E-state index in [1.165, 1.54) is 12.1 Å². The summed E-state index contributed by atoms with van der Waals surface area (Å²) in [5.74, 6) is 1.68. The number of imidazole rings is 1. The van der Waals surface area contributed by atoms with Crippen LogP contribution in [0.15, 0.2) is 35.3 Å². The van der Waals surface area contributed by atoms with Crippen molar-refractivity contribution in [1.82, 2.24) is 14.9 Å². The Morgan fingerprint density at radius 3 is 3.26 bits per heavy atom. The maximum absolute atomic E-state index is 5.40. The van der Waals surface area contributed by atoms with Crippen molar-refractivity contribution < 1.29 is 4.42 Å². The summed E-state index contributed by atoms with van der Waals surface area (Å²) < 4.78 is 7.73. The van der Waals surface area contributed by atoms with Gasteiger partial charge in [-0.3, -0.25) is 0 Å². The number of aryl methyl sites for hydroxylation is 1. The first-order valence-corrected chi connectivity index (χ1v) is 7.09. The number of furan rings is 1. The molecule has 2 unspecified atom stereocenters. The first kappa shape index (κ1) is 12.5. The third kappa shape index (κ3) is 2.73. The summed E-state index contributed by atoms with van der Waals surface area (Å²) >= 11 is 0. The zero-order valence-electron chi connectivity index (χ0n) is 11.4. The lowest BCUT2D eigenvalue weighted by Gasteiger charge is -2.19. The number of nitrogens with one attached hydrogen (secondary N) is 1. The Bertz CT molecular complexity index is 497. The van der Waals surface area contributed by atoms with E-state index in [4.69, 9.17) is 4.42 Å². The van der Waals surface area contributed by atoms with Crippen LogP contribution in [0.2, 0.25) is 0 Å². The van der Waals surface area contributed by atoms with Gasteiger partial charge in [-0.15, -0.1) is 0 Å². The van der Waals surface area contributed by atoms with Crippen LogP contribution in [-0.4, -0.2) is 22.6 Å².